The zero-order valence-electron chi connectivity index (χ0n) is 14.4. The number of rotatable bonds is 6. The summed E-state index contributed by atoms with van der Waals surface area (Å²) >= 11 is 15.4. The van der Waals surface area contributed by atoms with Crippen LogP contribution < -0.4 is 10.1 Å². The monoisotopic (exact) mass is 482 g/mol. The summed E-state index contributed by atoms with van der Waals surface area (Å²) in [5.74, 6) is -1.61. The van der Waals surface area contributed by atoms with Crippen molar-refractivity contribution in [3.05, 3.63) is 61.5 Å². The Kier molecular flexibility index (Phi) is 7.46. The Balaban J connectivity index is 2.25. The van der Waals surface area contributed by atoms with Gasteiger partial charge >= 0.3 is 5.97 Å². The van der Waals surface area contributed by atoms with E-state index in [1.807, 2.05) is 13.0 Å². The molecule has 2 aromatic rings. The molecule has 144 valence electrons. The van der Waals surface area contributed by atoms with Crippen molar-refractivity contribution in [1.29, 1.82) is 5.26 Å². The van der Waals surface area contributed by atoms with Crippen LogP contribution >= 0.6 is 39.1 Å². The SMILES string of the molecule is Cc1ccc(NC(=O)/C(C#N)=C\c2cc(Cl)c(OCC(=O)O)c(Br)c2)cc1Cl. The number of amides is 1. The van der Waals surface area contributed by atoms with Gasteiger partial charge in [-0.15, -0.1) is 0 Å². The van der Waals surface area contributed by atoms with Gasteiger partial charge in [-0.2, -0.15) is 5.26 Å². The zero-order chi connectivity index (χ0) is 20.8. The number of nitrogens with one attached hydrogen (secondary N) is 1. The molecule has 0 radical (unpaired) electrons. The van der Waals surface area contributed by atoms with Crippen LogP contribution in [0.15, 0.2) is 40.4 Å². The van der Waals surface area contributed by atoms with E-state index in [-0.39, 0.29) is 16.3 Å². The average molecular weight is 484 g/mol. The fraction of sp³-hybridized carbons (Fsp3) is 0.105. The molecule has 0 saturated carbocycles. The summed E-state index contributed by atoms with van der Waals surface area (Å²) in [5, 5.41) is 21.3. The maximum Gasteiger partial charge on any atom is 0.341 e. The van der Waals surface area contributed by atoms with Gasteiger partial charge in [0.05, 0.1) is 9.50 Å². The zero-order valence-corrected chi connectivity index (χ0v) is 17.5. The highest BCUT2D eigenvalue weighted by Crippen LogP contribution is 2.35. The van der Waals surface area contributed by atoms with Gasteiger partial charge in [-0.05, 0) is 64.3 Å². The second-order valence-corrected chi connectivity index (χ2v) is 7.25. The van der Waals surface area contributed by atoms with Crippen LogP contribution in [0, 0.1) is 18.3 Å². The number of hydrogen-bond donors (Lipinski definition) is 2. The van der Waals surface area contributed by atoms with E-state index in [1.165, 1.54) is 12.1 Å². The smallest absolute Gasteiger partial charge is 0.341 e. The first-order valence-corrected chi connectivity index (χ1v) is 9.29. The number of halogens is 3. The number of hydrogen-bond acceptors (Lipinski definition) is 4. The van der Waals surface area contributed by atoms with Crippen molar-refractivity contribution in [3.63, 3.8) is 0 Å². The maximum absolute atomic E-state index is 12.4. The van der Waals surface area contributed by atoms with Crippen LogP contribution in [0.4, 0.5) is 5.69 Å². The van der Waals surface area contributed by atoms with E-state index >= 15 is 0 Å². The van der Waals surface area contributed by atoms with Gasteiger partial charge in [-0.3, -0.25) is 4.79 Å². The summed E-state index contributed by atoms with van der Waals surface area (Å²) in [6.45, 7) is 1.28. The van der Waals surface area contributed by atoms with Crippen molar-refractivity contribution >= 4 is 62.8 Å². The predicted molar refractivity (Wildman–Crippen MR) is 111 cm³/mol. The average Bonchev–Trinajstić information content (AvgIpc) is 2.61. The lowest BCUT2D eigenvalue weighted by atomic mass is 10.1. The minimum atomic E-state index is -1.15. The molecule has 0 aliphatic carbocycles. The molecule has 0 bridgehead atoms. The number of carboxylic acids is 1. The van der Waals surface area contributed by atoms with Crippen molar-refractivity contribution in [1.82, 2.24) is 0 Å². The molecule has 0 spiro atoms. The summed E-state index contributed by atoms with van der Waals surface area (Å²) in [7, 11) is 0. The van der Waals surface area contributed by atoms with E-state index in [0.29, 0.717) is 20.7 Å². The van der Waals surface area contributed by atoms with E-state index in [2.05, 4.69) is 21.2 Å². The molecule has 28 heavy (non-hydrogen) atoms. The van der Waals surface area contributed by atoms with Crippen LogP contribution in [-0.4, -0.2) is 23.6 Å². The Morgan fingerprint density at radius 1 is 1.29 bits per heavy atom. The summed E-state index contributed by atoms with van der Waals surface area (Å²) in [4.78, 5) is 23.0. The number of benzene rings is 2. The number of aliphatic carboxylic acids is 1. The van der Waals surface area contributed by atoms with Crippen LogP contribution in [0.25, 0.3) is 6.08 Å². The van der Waals surface area contributed by atoms with Gasteiger partial charge in [0.15, 0.2) is 12.4 Å². The van der Waals surface area contributed by atoms with Crippen molar-refractivity contribution < 1.29 is 19.4 Å². The molecule has 2 rings (SSSR count). The molecule has 0 saturated heterocycles. The molecule has 0 fully saturated rings. The summed E-state index contributed by atoms with van der Waals surface area (Å²) in [6.07, 6.45) is 1.35. The Morgan fingerprint density at radius 2 is 2.00 bits per heavy atom. The Bertz CT molecular complexity index is 992. The van der Waals surface area contributed by atoms with Gasteiger partial charge in [-0.25, -0.2) is 4.79 Å². The quantitative estimate of drug-likeness (QED) is 0.441. The van der Waals surface area contributed by atoms with Crippen LogP contribution in [0.5, 0.6) is 5.75 Å². The second-order valence-electron chi connectivity index (χ2n) is 5.58. The minimum absolute atomic E-state index is 0.130. The molecule has 0 aliphatic heterocycles. The normalized spacial score (nSPS) is 10.9. The van der Waals surface area contributed by atoms with Crippen molar-refractivity contribution in [3.8, 4) is 11.8 Å². The molecular formula is C19H13BrCl2N2O4. The maximum atomic E-state index is 12.4. The number of carbonyl (C=O) groups is 2. The van der Waals surface area contributed by atoms with Crippen molar-refractivity contribution in [2.45, 2.75) is 6.92 Å². The van der Waals surface area contributed by atoms with Crippen LogP contribution in [0.2, 0.25) is 10.0 Å². The van der Waals surface area contributed by atoms with E-state index in [1.54, 1.807) is 24.3 Å². The lowest BCUT2D eigenvalue weighted by Crippen LogP contribution is -2.13. The van der Waals surface area contributed by atoms with Gasteiger partial charge in [0.25, 0.3) is 5.91 Å². The molecule has 0 unspecified atom stereocenters. The third-order valence-corrected chi connectivity index (χ3v) is 4.74. The number of nitriles is 1. The van der Waals surface area contributed by atoms with Crippen molar-refractivity contribution in [2.75, 3.05) is 11.9 Å². The summed E-state index contributed by atoms with van der Waals surface area (Å²) in [6, 6.07) is 9.86. The highest BCUT2D eigenvalue weighted by atomic mass is 79.9. The standard InChI is InChI=1S/C19H13BrCl2N2O4/c1-10-2-3-13(7-15(10)21)24-19(27)12(8-23)4-11-5-14(20)18(16(22)6-11)28-9-17(25)26/h2-7H,9H2,1H3,(H,24,27)(H,25,26)/b12-4-. The third kappa shape index (κ3) is 5.73. The molecule has 0 aromatic heterocycles. The van der Waals surface area contributed by atoms with Crippen LogP contribution in [-0.2, 0) is 9.59 Å². The van der Waals surface area contributed by atoms with E-state index in [4.69, 9.17) is 33.0 Å². The van der Waals surface area contributed by atoms with E-state index in [9.17, 15) is 14.9 Å². The van der Waals surface area contributed by atoms with E-state index < -0.39 is 18.5 Å². The number of carbonyl (C=O) groups excluding carboxylic acids is 1. The predicted octanol–water partition coefficient (Wildman–Crippen LogP) is 5.07. The lowest BCUT2D eigenvalue weighted by Gasteiger charge is -2.10. The first-order chi connectivity index (χ1) is 13.2. The molecule has 0 aliphatic rings. The molecule has 2 aromatic carbocycles. The van der Waals surface area contributed by atoms with Gasteiger partial charge < -0.3 is 15.2 Å². The highest BCUT2D eigenvalue weighted by molar-refractivity contribution is 9.10. The number of ether oxygens (including phenoxy) is 1. The van der Waals surface area contributed by atoms with Crippen molar-refractivity contribution in [2.24, 2.45) is 0 Å². The number of carboxylic acid groups (broad SMARTS) is 1. The van der Waals surface area contributed by atoms with Gasteiger partial charge in [0.1, 0.15) is 11.6 Å². The third-order valence-electron chi connectivity index (χ3n) is 3.47. The first kappa shape index (κ1) is 21.8. The molecule has 0 atom stereocenters. The molecular weight excluding hydrogens is 471 g/mol. The Labute approximate surface area is 179 Å². The topological polar surface area (TPSA) is 99.4 Å². The van der Waals surface area contributed by atoms with E-state index in [0.717, 1.165) is 5.56 Å². The number of anilines is 1. The van der Waals surface area contributed by atoms with Gasteiger partial charge in [0.2, 0.25) is 0 Å². The van der Waals surface area contributed by atoms with Crippen LogP contribution in [0.1, 0.15) is 11.1 Å². The molecule has 1 amide bonds. The first-order valence-electron chi connectivity index (χ1n) is 7.74. The second kappa shape index (κ2) is 9.60. The highest BCUT2D eigenvalue weighted by Gasteiger charge is 2.14. The van der Waals surface area contributed by atoms with Gasteiger partial charge in [0, 0.05) is 10.7 Å². The summed E-state index contributed by atoms with van der Waals surface area (Å²) < 4.78 is 5.49. The van der Waals surface area contributed by atoms with Gasteiger partial charge in [-0.1, -0.05) is 29.3 Å². The largest absolute Gasteiger partial charge is 0.479 e. The Morgan fingerprint density at radius 3 is 2.57 bits per heavy atom. The summed E-state index contributed by atoms with van der Waals surface area (Å²) in [5.41, 5.74) is 1.62. The van der Waals surface area contributed by atoms with Crippen LogP contribution in [0.3, 0.4) is 0 Å². The molecule has 2 N–H and O–H groups in total. The fourth-order valence-electron chi connectivity index (χ4n) is 2.12. The molecule has 0 heterocycles. The fourth-order valence-corrected chi connectivity index (χ4v) is 3.29. The lowest BCUT2D eigenvalue weighted by molar-refractivity contribution is -0.139. The number of aryl methyl sites for hydroxylation is 1. The molecule has 6 nitrogen and oxygen atoms in total. The Hall–Kier alpha value is -2.53. The number of nitrogens with zero attached hydrogens (tertiary/aromatic N) is 1. The minimum Gasteiger partial charge on any atom is -0.479 e. The molecule has 9 heteroatoms.